The number of carbonyl (C=O) groups excluding carboxylic acids is 1. The molecule has 5 heteroatoms. The summed E-state index contributed by atoms with van der Waals surface area (Å²) in [6.07, 6.45) is 0. The summed E-state index contributed by atoms with van der Waals surface area (Å²) in [5.41, 5.74) is 4.80. The minimum atomic E-state index is -0.0909. The number of nitrogens with one attached hydrogen (secondary N) is 1. The fraction of sp³-hybridized carbons (Fsp3) is 0.143. The Kier molecular flexibility index (Phi) is 5.77. The molecular weight excluding hydrogens is 410 g/mol. The molecule has 1 N–H and O–H groups in total. The van der Waals surface area contributed by atoms with Crippen LogP contribution in [-0.4, -0.2) is 22.0 Å². The van der Waals surface area contributed by atoms with Crippen molar-refractivity contribution in [2.45, 2.75) is 20.1 Å². The monoisotopic (exact) mass is 435 g/mol. The first-order valence-electron chi connectivity index (χ1n) is 11.1. The van der Waals surface area contributed by atoms with E-state index in [1.165, 1.54) is 16.6 Å². The molecule has 0 saturated carbocycles. The van der Waals surface area contributed by atoms with Gasteiger partial charge in [-0.3, -0.25) is 4.79 Å². The van der Waals surface area contributed by atoms with Gasteiger partial charge >= 0.3 is 0 Å². The van der Waals surface area contributed by atoms with Crippen molar-refractivity contribution in [3.8, 4) is 5.75 Å². The van der Waals surface area contributed by atoms with Crippen LogP contribution in [0, 0.1) is 6.92 Å². The summed E-state index contributed by atoms with van der Waals surface area (Å²) >= 11 is 0. The Labute approximate surface area is 192 Å². The molecule has 0 radical (unpaired) electrons. The summed E-state index contributed by atoms with van der Waals surface area (Å²) in [6.45, 7) is 3.75. The third-order valence-corrected chi connectivity index (χ3v) is 5.80. The van der Waals surface area contributed by atoms with E-state index in [1.807, 2.05) is 60.7 Å². The number of hydrogen-bond donors (Lipinski definition) is 1. The molecule has 5 nitrogen and oxygen atoms in total. The number of para-hydroxylation sites is 2. The third kappa shape index (κ3) is 4.58. The van der Waals surface area contributed by atoms with Gasteiger partial charge in [-0.2, -0.15) is 0 Å². The summed E-state index contributed by atoms with van der Waals surface area (Å²) in [5, 5.41) is 5.34. The lowest BCUT2D eigenvalue weighted by atomic mass is 10.2. The lowest BCUT2D eigenvalue weighted by Gasteiger charge is -2.10. The van der Waals surface area contributed by atoms with Crippen molar-refractivity contribution in [2.24, 2.45) is 0 Å². The van der Waals surface area contributed by atoms with Gasteiger partial charge in [-0.05, 0) is 60.8 Å². The van der Waals surface area contributed by atoms with E-state index in [-0.39, 0.29) is 5.91 Å². The zero-order valence-corrected chi connectivity index (χ0v) is 18.5. The number of pyridine rings is 1. The Morgan fingerprint density at radius 2 is 1.67 bits per heavy atom. The number of benzene rings is 3. The number of aromatic nitrogens is 2. The van der Waals surface area contributed by atoms with Gasteiger partial charge in [-0.1, -0.05) is 42.5 Å². The van der Waals surface area contributed by atoms with Gasteiger partial charge in [0.05, 0.1) is 11.2 Å². The highest BCUT2D eigenvalue weighted by Gasteiger charge is 2.08. The van der Waals surface area contributed by atoms with Crippen molar-refractivity contribution in [1.29, 1.82) is 0 Å². The molecule has 0 aliphatic heterocycles. The predicted molar refractivity (Wildman–Crippen MR) is 132 cm³/mol. The lowest BCUT2D eigenvalue weighted by molar-refractivity contribution is 0.0952. The number of aryl methyl sites for hydroxylation is 1. The fourth-order valence-electron chi connectivity index (χ4n) is 4.08. The standard InChI is InChI=1S/C28H25N3O2/c1-20-18-23-7-3-5-9-27(23)31(20)17-16-29-28(32)22-11-14-25(15-12-22)33-19-24-13-10-21-6-2-4-8-26(21)30-24/h2-15,18H,16-17,19H2,1H3,(H,29,32). The molecule has 0 unspecified atom stereocenters. The van der Waals surface area contributed by atoms with E-state index in [9.17, 15) is 4.79 Å². The van der Waals surface area contributed by atoms with Crippen molar-refractivity contribution < 1.29 is 9.53 Å². The van der Waals surface area contributed by atoms with Crippen LogP contribution < -0.4 is 10.1 Å². The summed E-state index contributed by atoms with van der Waals surface area (Å²) in [6, 6.07) is 29.7. The molecule has 0 atom stereocenters. The summed E-state index contributed by atoms with van der Waals surface area (Å²) < 4.78 is 8.09. The van der Waals surface area contributed by atoms with Gasteiger partial charge in [0, 0.05) is 35.2 Å². The normalized spacial score (nSPS) is 11.1. The van der Waals surface area contributed by atoms with Gasteiger partial charge in [0.2, 0.25) is 0 Å². The summed E-state index contributed by atoms with van der Waals surface area (Å²) in [7, 11) is 0. The molecule has 33 heavy (non-hydrogen) atoms. The van der Waals surface area contributed by atoms with Crippen molar-refractivity contribution in [3.63, 3.8) is 0 Å². The van der Waals surface area contributed by atoms with E-state index < -0.39 is 0 Å². The Bertz CT molecular complexity index is 1420. The zero-order chi connectivity index (χ0) is 22.6. The van der Waals surface area contributed by atoms with Crippen molar-refractivity contribution in [2.75, 3.05) is 6.54 Å². The van der Waals surface area contributed by atoms with Gasteiger partial charge in [0.25, 0.3) is 5.91 Å². The third-order valence-electron chi connectivity index (χ3n) is 5.80. The SMILES string of the molecule is Cc1cc2ccccc2n1CCNC(=O)c1ccc(OCc2ccc3ccccc3n2)cc1. The maximum Gasteiger partial charge on any atom is 0.251 e. The van der Waals surface area contributed by atoms with Crippen LogP contribution in [0.4, 0.5) is 0 Å². The van der Waals surface area contributed by atoms with Crippen molar-refractivity contribution in [3.05, 3.63) is 108 Å². The van der Waals surface area contributed by atoms with Gasteiger partial charge in [-0.15, -0.1) is 0 Å². The number of ether oxygens (including phenoxy) is 1. The number of fused-ring (bicyclic) bond motifs is 2. The predicted octanol–water partition coefficient (Wildman–Crippen LogP) is 5.51. The van der Waals surface area contributed by atoms with Gasteiger partial charge in [0.15, 0.2) is 0 Å². The van der Waals surface area contributed by atoms with Crippen molar-refractivity contribution >= 4 is 27.7 Å². The highest BCUT2D eigenvalue weighted by molar-refractivity contribution is 5.94. The molecule has 2 heterocycles. The first-order chi connectivity index (χ1) is 16.2. The number of rotatable bonds is 7. The maximum atomic E-state index is 12.6. The quantitative estimate of drug-likeness (QED) is 0.367. The van der Waals surface area contributed by atoms with E-state index in [4.69, 9.17) is 4.74 Å². The van der Waals surface area contributed by atoms with E-state index in [1.54, 1.807) is 12.1 Å². The molecule has 5 aromatic rings. The van der Waals surface area contributed by atoms with Crippen LogP contribution in [0.5, 0.6) is 5.75 Å². The second-order valence-corrected chi connectivity index (χ2v) is 8.06. The van der Waals surface area contributed by atoms with Crippen LogP contribution in [0.3, 0.4) is 0 Å². The molecule has 1 amide bonds. The van der Waals surface area contributed by atoms with Gasteiger partial charge < -0.3 is 14.6 Å². The fourth-order valence-corrected chi connectivity index (χ4v) is 4.08. The maximum absolute atomic E-state index is 12.6. The smallest absolute Gasteiger partial charge is 0.251 e. The summed E-state index contributed by atoms with van der Waals surface area (Å²) in [5.74, 6) is 0.614. The van der Waals surface area contributed by atoms with Crippen LogP contribution >= 0.6 is 0 Å². The number of nitrogens with zero attached hydrogens (tertiary/aromatic N) is 2. The van der Waals surface area contributed by atoms with Gasteiger partial charge in [-0.25, -0.2) is 4.98 Å². The van der Waals surface area contributed by atoms with E-state index in [0.29, 0.717) is 24.5 Å². The first-order valence-corrected chi connectivity index (χ1v) is 11.1. The second-order valence-electron chi connectivity index (χ2n) is 8.06. The molecular formula is C28H25N3O2. The largest absolute Gasteiger partial charge is 0.487 e. The Morgan fingerprint density at radius 1 is 0.909 bits per heavy atom. The van der Waals surface area contributed by atoms with Crippen LogP contribution in [0.15, 0.2) is 91.0 Å². The molecule has 0 aliphatic carbocycles. The van der Waals surface area contributed by atoms with Crippen LogP contribution in [-0.2, 0) is 13.2 Å². The number of carbonyl (C=O) groups is 1. The highest BCUT2D eigenvalue weighted by atomic mass is 16.5. The number of amides is 1. The van der Waals surface area contributed by atoms with E-state index >= 15 is 0 Å². The van der Waals surface area contributed by atoms with E-state index in [2.05, 4.69) is 40.0 Å². The average molecular weight is 436 g/mol. The molecule has 0 bridgehead atoms. The highest BCUT2D eigenvalue weighted by Crippen LogP contribution is 2.19. The molecule has 5 rings (SSSR count). The minimum Gasteiger partial charge on any atom is -0.487 e. The molecule has 164 valence electrons. The molecule has 2 aromatic heterocycles. The Morgan fingerprint density at radius 3 is 2.52 bits per heavy atom. The molecule has 3 aromatic carbocycles. The molecule has 0 fully saturated rings. The Balaban J connectivity index is 1.15. The zero-order valence-electron chi connectivity index (χ0n) is 18.5. The van der Waals surface area contributed by atoms with Crippen LogP contribution in [0.25, 0.3) is 21.8 Å². The van der Waals surface area contributed by atoms with Crippen LogP contribution in [0.2, 0.25) is 0 Å². The minimum absolute atomic E-state index is 0.0909. The summed E-state index contributed by atoms with van der Waals surface area (Å²) in [4.78, 5) is 17.2. The average Bonchev–Trinajstić information content (AvgIpc) is 3.18. The Hall–Kier alpha value is -4.12. The topological polar surface area (TPSA) is 56.2 Å². The van der Waals surface area contributed by atoms with Gasteiger partial charge in [0.1, 0.15) is 12.4 Å². The molecule has 0 aliphatic rings. The second kappa shape index (κ2) is 9.17. The van der Waals surface area contributed by atoms with Crippen molar-refractivity contribution in [1.82, 2.24) is 14.9 Å². The number of hydrogen-bond acceptors (Lipinski definition) is 3. The van der Waals surface area contributed by atoms with Crippen LogP contribution in [0.1, 0.15) is 21.7 Å². The first kappa shape index (κ1) is 20.8. The van der Waals surface area contributed by atoms with E-state index in [0.717, 1.165) is 23.1 Å². The molecule has 0 spiro atoms. The molecule has 0 saturated heterocycles. The lowest BCUT2D eigenvalue weighted by Crippen LogP contribution is -2.27.